The van der Waals surface area contributed by atoms with Gasteiger partial charge in [0.1, 0.15) is 11.5 Å². The van der Waals surface area contributed by atoms with Crippen LogP contribution in [0.25, 0.3) is 11.0 Å². The summed E-state index contributed by atoms with van der Waals surface area (Å²) in [5, 5.41) is 8.58. The first kappa shape index (κ1) is 21.7. The largest absolute Gasteiger partial charge is 0.343 e. The van der Waals surface area contributed by atoms with Gasteiger partial charge in [0.15, 0.2) is 5.78 Å². The summed E-state index contributed by atoms with van der Waals surface area (Å²) in [7, 11) is 1.95. The number of ketones is 1. The lowest BCUT2D eigenvalue weighted by Gasteiger charge is -2.21. The van der Waals surface area contributed by atoms with E-state index in [9.17, 15) is 4.79 Å². The van der Waals surface area contributed by atoms with Gasteiger partial charge in [-0.1, -0.05) is 26.8 Å². The van der Waals surface area contributed by atoms with E-state index in [0.29, 0.717) is 23.9 Å². The van der Waals surface area contributed by atoms with Crippen molar-refractivity contribution in [3.63, 3.8) is 0 Å². The van der Waals surface area contributed by atoms with Gasteiger partial charge in [-0.3, -0.25) is 10.2 Å². The molecule has 5 rings (SSSR count). The third kappa shape index (κ3) is 3.80. The number of nitrogens with zero attached hydrogens (tertiary/aromatic N) is 4. The van der Waals surface area contributed by atoms with Crippen LogP contribution < -0.4 is 0 Å². The van der Waals surface area contributed by atoms with Crippen LogP contribution in [0.15, 0.2) is 30.6 Å². The number of benzene rings is 1. The normalized spacial score (nSPS) is 15.9. The fourth-order valence-electron chi connectivity index (χ4n) is 4.24. The number of nitrogens with one attached hydrogen (secondary N) is 1. The summed E-state index contributed by atoms with van der Waals surface area (Å²) in [6.07, 6.45) is 4.17. The van der Waals surface area contributed by atoms with Crippen LogP contribution in [-0.2, 0) is 19.0 Å². The number of hydrogen-bond acceptors (Lipinski definition) is 4. The second kappa shape index (κ2) is 7.55. The number of Topliss-reactive ketones (excluding diaryl/α,β-unsaturated/α-hetero) is 1. The van der Waals surface area contributed by atoms with Crippen LogP contribution in [0.2, 0.25) is 0 Å². The molecular formula is C24H28BrN5O. The third-order valence-electron chi connectivity index (χ3n) is 6.19. The number of aromatic nitrogens is 3. The first-order valence-electron chi connectivity index (χ1n) is 10.5. The zero-order chi connectivity index (χ0) is 21.2. The van der Waals surface area contributed by atoms with Crippen LogP contribution >= 0.6 is 17.0 Å². The Labute approximate surface area is 193 Å². The van der Waals surface area contributed by atoms with Gasteiger partial charge < -0.3 is 9.47 Å². The van der Waals surface area contributed by atoms with Crippen LogP contribution in [0.3, 0.4) is 0 Å². The molecule has 31 heavy (non-hydrogen) atoms. The molecule has 0 unspecified atom stereocenters. The Morgan fingerprint density at radius 1 is 1.23 bits per heavy atom. The molecule has 2 aliphatic rings. The molecule has 1 saturated carbocycles. The maximum atomic E-state index is 13.3. The number of aryl methyl sites for hydroxylation is 1. The van der Waals surface area contributed by atoms with Crippen molar-refractivity contribution in [1.82, 2.24) is 19.4 Å². The van der Waals surface area contributed by atoms with Crippen LogP contribution in [0.1, 0.15) is 72.4 Å². The quantitative estimate of drug-likeness (QED) is 0.545. The van der Waals surface area contributed by atoms with Crippen molar-refractivity contribution in [1.29, 1.82) is 5.41 Å². The van der Waals surface area contributed by atoms with Gasteiger partial charge in [0.2, 0.25) is 0 Å². The van der Waals surface area contributed by atoms with E-state index in [-0.39, 0.29) is 34.7 Å². The minimum absolute atomic E-state index is 0. The van der Waals surface area contributed by atoms with Crippen molar-refractivity contribution >= 4 is 39.6 Å². The van der Waals surface area contributed by atoms with Crippen LogP contribution in [0, 0.1) is 5.41 Å². The highest BCUT2D eigenvalue weighted by Crippen LogP contribution is 2.39. The first-order valence-corrected chi connectivity index (χ1v) is 10.5. The fraction of sp³-hybridized carbons (Fsp3) is 0.417. The molecule has 7 heteroatoms. The average molecular weight is 482 g/mol. The Kier molecular flexibility index (Phi) is 5.28. The van der Waals surface area contributed by atoms with Gasteiger partial charge in [0, 0.05) is 36.3 Å². The number of imidazole rings is 1. The molecule has 0 spiro atoms. The van der Waals surface area contributed by atoms with E-state index in [4.69, 9.17) is 10.4 Å². The average Bonchev–Trinajstić information content (AvgIpc) is 3.42. The fourth-order valence-corrected chi connectivity index (χ4v) is 4.24. The van der Waals surface area contributed by atoms with E-state index >= 15 is 0 Å². The second-order valence-electron chi connectivity index (χ2n) is 9.64. The Balaban J connectivity index is 0.00000231. The lowest BCUT2D eigenvalue weighted by molar-refractivity contribution is 0.0962. The van der Waals surface area contributed by atoms with E-state index in [0.717, 1.165) is 33.5 Å². The molecule has 0 saturated heterocycles. The number of rotatable bonds is 4. The summed E-state index contributed by atoms with van der Waals surface area (Å²) in [6, 6.07) is 8.07. The lowest BCUT2D eigenvalue weighted by Crippen LogP contribution is -2.30. The molecular weight excluding hydrogens is 454 g/mol. The van der Waals surface area contributed by atoms with Crippen LogP contribution in [0.4, 0.5) is 0 Å². The first-order chi connectivity index (χ1) is 14.2. The van der Waals surface area contributed by atoms with E-state index in [1.165, 1.54) is 12.8 Å². The van der Waals surface area contributed by atoms with Crippen molar-refractivity contribution < 1.29 is 4.79 Å². The summed E-state index contributed by atoms with van der Waals surface area (Å²) in [5.74, 6) is 0.933. The molecule has 2 aromatic heterocycles. The van der Waals surface area contributed by atoms with Crippen molar-refractivity contribution in [2.75, 3.05) is 6.54 Å². The zero-order valence-electron chi connectivity index (χ0n) is 18.4. The molecule has 1 aliphatic heterocycles. The van der Waals surface area contributed by atoms with Gasteiger partial charge in [-0.15, -0.1) is 17.0 Å². The van der Waals surface area contributed by atoms with Gasteiger partial charge in [0.05, 0.1) is 23.9 Å². The molecule has 0 bridgehead atoms. The van der Waals surface area contributed by atoms with Gasteiger partial charge in [-0.25, -0.2) is 9.97 Å². The van der Waals surface area contributed by atoms with Crippen LogP contribution in [-0.4, -0.2) is 37.6 Å². The number of carbonyl (C=O) groups is 1. The van der Waals surface area contributed by atoms with Crippen molar-refractivity contribution in [2.24, 2.45) is 7.05 Å². The number of pyridine rings is 1. The number of halogens is 1. The molecule has 0 radical (unpaired) electrons. The van der Waals surface area contributed by atoms with Crippen LogP contribution in [0.5, 0.6) is 0 Å². The Morgan fingerprint density at radius 3 is 2.65 bits per heavy atom. The molecule has 1 aromatic carbocycles. The summed E-state index contributed by atoms with van der Waals surface area (Å²) in [4.78, 5) is 24.4. The van der Waals surface area contributed by atoms with Gasteiger partial charge in [-0.2, -0.15) is 0 Å². The van der Waals surface area contributed by atoms with E-state index in [1.54, 1.807) is 6.33 Å². The molecule has 3 aromatic rings. The van der Waals surface area contributed by atoms with Crippen molar-refractivity contribution in [2.45, 2.75) is 51.5 Å². The minimum Gasteiger partial charge on any atom is -0.343 e. The molecule has 162 valence electrons. The van der Waals surface area contributed by atoms with Gasteiger partial charge in [-0.05, 0) is 42.0 Å². The van der Waals surface area contributed by atoms with Gasteiger partial charge in [0.25, 0.3) is 0 Å². The number of amidine groups is 1. The molecule has 1 N–H and O–H groups in total. The summed E-state index contributed by atoms with van der Waals surface area (Å²) in [5.41, 5.74) is 6.39. The summed E-state index contributed by atoms with van der Waals surface area (Å²) >= 11 is 0. The highest BCUT2D eigenvalue weighted by molar-refractivity contribution is 8.93. The minimum atomic E-state index is -0.122. The predicted molar refractivity (Wildman–Crippen MR) is 128 cm³/mol. The monoisotopic (exact) mass is 481 g/mol. The highest BCUT2D eigenvalue weighted by Gasteiger charge is 2.31. The molecule has 0 amide bonds. The van der Waals surface area contributed by atoms with E-state index < -0.39 is 0 Å². The topological polar surface area (TPSA) is 74.9 Å². The summed E-state index contributed by atoms with van der Waals surface area (Å²) < 4.78 is 1.96. The Morgan fingerprint density at radius 2 is 1.97 bits per heavy atom. The van der Waals surface area contributed by atoms with Crippen molar-refractivity contribution in [3.8, 4) is 0 Å². The summed E-state index contributed by atoms with van der Waals surface area (Å²) in [6.45, 7) is 7.17. The zero-order valence-corrected chi connectivity index (χ0v) is 20.1. The molecule has 1 aliphatic carbocycles. The number of carbonyl (C=O) groups excluding carboxylic acids is 1. The Hall–Kier alpha value is -2.54. The number of hydrogen-bond donors (Lipinski definition) is 1. The molecule has 0 atom stereocenters. The standard InChI is InChI=1S/C24H27N5O.BrH/c1-24(2,3)17-9-16(10-19-22(17)26-13-28(19)4)20(30)12-29-11-15-7-8-18(14-5-6-14)27-21(15)23(29)25;/h7-10,13-14,25H,5-6,11-12H2,1-4H3;1H. The highest BCUT2D eigenvalue weighted by atomic mass is 79.9. The lowest BCUT2D eigenvalue weighted by atomic mass is 9.84. The smallest absolute Gasteiger partial charge is 0.182 e. The molecule has 3 heterocycles. The maximum absolute atomic E-state index is 13.3. The van der Waals surface area contributed by atoms with Crippen molar-refractivity contribution in [3.05, 3.63) is 58.7 Å². The van der Waals surface area contributed by atoms with E-state index in [2.05, 4.69) is 37.9 Å². The predicted octanol–water partition coefficient (Wildman–Crippen LogP) is 4.74. The molecule has 1 fully saturated rings. The maximum Gasteiger partial charge on any atom is 0.182 e. The molecule has 6 nitrogen and oxygen atoms in total. The SMILES string of the molecule is Br.Cn1cnc2c(C(C)(C)C)cc(C(=O)CN3Cc4ccc(C5CC5)nc4C3=N)cc21. The third-order valence-corrected chi connectivity index (χ3v) is 6.19. The van der Waals surface area contributed by atoms with E-state index in [1.807, 2.05) is 28.6 Å². The second-order valence-corrected chi connectivity index (χ2v) is 9.64. The Bertz CT molecular complexity index is 1200. The van der Waals surface area contributed by atoms with Gasteiger partial charge >= 0.3 is 0 Å². The number of fused-ring (bicyclic) bond motifs is 2.